The van der Waals surface area contributed by atoms with Crippen LogP contribution in [-0.2, 0) is 0 Å². The molecule has 10 aromatic carbocycles. The lowest BCUT2D eigenvalue weighted by molar-refractivity contribution is 1.30. The van der Waals surface area contributed by atoms with E-state index in [1.807, 2.05) is 11.3 Å². The third-order valence-corrected chi connectivity index (χ3v) is 12.9. The van der Waals surface area contributed by atoms with Crippen LogP contribution in [0, 0.1) is 0 Å². The van der Waals surface area contributed by atoms with Gasteiger partial charge in [-0.1, -0.05) is 188 Å². The second-order valence-electron chi connectivity index (χ2n) is 15.3. The minimum atomic E-state index is 1.10. The van der Waals surface area contributed by atoms with Gasteiger partial charge < -0.3 is 4.90 Å². The predicted molar refractivity (Wildman–Crippen MR) is 259 cm³/mol. The van der Waals surface area contributed by atoms with E-state index >= 15 is 0 Å². The zero-order valence-corrected chi connectivity index (χ0v) is 33.7. The van der Waals surface area contributed by atoms with Crippen LogP contribution in [0.1, 0.15) is 0 Å². The van der Waals surface area contributed by atoms with Gasteiger partial charge in [-0.25, -0.2) is 0 Å². The molecule has 1 nitrogen and oxygen atoms in total. The van der Waals surface area contributed by atoms with Gasteiger partial charge in [-0.05, 0) is 109 Å². The predicted octanol–water partition coefficient (Wildman–Crippen LogP) is 17.0. The van der Waals surface area contributed by atoms with E-state index < -0.39 is 0 Å². The minimum Gasteiger partial charge on any atom is -0.309 e. The van der Waals surface area contributed by atoms with Gasteiger partial charge in [0.2, 0.25) is 0 Å². The van der Waals surface area contributed by atoms with Gasteiger partial charge in [0, 0.05) is 32.4 Å². The Hall–Kier alpha value is -7.52. The monoisotopic (exact) mass is 781 g/mol. The third kappa shape index (κ3) is 6.54. The molecule has 11 rings (SSSR count). The van der Waals surface area contributed by atoms with Gasteiger partial charge in [0.15, 0.2) is 0 Å². The summed E-state index contributed by atoms with van der Waals surface area (Å²) in [4.78, 5) is 2.46. The number of benzene rings is 10. The molecule has 1 aromatic heterocycles. The quantitative estimate of drug-likeness (QED) is 0.148. The van der Waals surface area contributed by atoms with Gasteiger partial charge in [-0.2, -0.15) is 0 Å². The molecular formula is C58H39NS. The van der Waals surface area contributed by atoms with Crippen molar-refractivity contribution in [2.75, 3.05) is 4.90 Å². The number of hydrogen-bond donors (Lipinski definition) is 0. The number of anilines is 3. The first-order valence-corrected chi connectivity index (χ1v) is 21.3. The molecule has 11 aromatic rings. The molecular weight excluding hydrogens is 743 g/mol. The number of nitrogens with zero attached hydrogens (tertiary/aromatic N) is 1. The van der Waals surface area contributed by atoms with Crippen LogP contribution in [-0.4, -0.2) is 0 Å². The smallest absolute Gasteiger partial charge is 0.0640 e. The van der Waals surface area contributed by atoms with E-state index in [0.29, 0.717) is 0 Å². The summed E-state index contributed by atoms with van der Waals surface area (Å²) in [6.45, 7) is 0. The number of rotatable bonds is 8. The summed E-state index contributed by atoms with van der Waals surface area (Å²) in [5.74, 6) is 0. The molecule has 1 heterocycles. The Balaban J connectivity index is 1.14. The van der Waals surface area contributed by atoms with Crippen LogP contribution in [0.5, 0.6) is 0 Å². The van der Waals surface area contributed by atoms with Crippen molar-refractivity contribution in [1.29, 1.82) is 0 Å². The van der Waals surface area contributed by atoms with Crippen molar-refractivity contribution < 1.29 is 0 Å². The van der Waals surface area contributed by atoms with E-state index in [1.165, 1.54) is 86.6 Å². The second-order valence-corrected chi connectivity index (χ2v) is 16.3. The largest absolute Gasteiger partial charge is 0.309 e. The van der Waals surface area contributed by atoms with E-state index in [4.69, 9.17) is 0 Å². The molecule has 282 valence electrons. The summed E-state index contributed by atoms with van der Waals surface area (Å²) < 4.78 is 2.54. The third-order valence-electron chi connectivity index (χ3n) is 11.6. The van der Waals surface area contributed by atoms with E-state index in [-0.39, 0.29) is 0 Å². The van der Waals surface area contributed by atoms with Crippen molar-refractivity contribution in [2.45, 2.75) is 0 Å². The highest BCUT2D eigenvalue weighted by molar-refractivity contribution is 7.27. The van der Waals surface area contributed by atoms with Crippen LogP contribution < -0.4 is 4.90 Å². The van der Waals surface area contributed by atoms with Gasteiger partial charge in [0.25, 0.3) is 0 Å². The average molecular weight is 782 g/mol. The van der Waals surface area contributed by atoms with Gasteiger partial charge in [0.05, 0.1) is 10.4 Å². The molecule has 0 aliphatic heterocycles. The molecule has 0 amide bonds. The second kappa shape index (κ2) is 15.3. The highest BCUT2D eigenvalue weighted by atomic mass is 32.1. The summed E-state index contributed by atoms with van der Waals surface area (Å²) in [5, 5.41) is 5.02. The van der Waals surface area contributed by atoms with Crippen molar-refractivity contribution in [3.8, 4) is 55.6 Å². The van der Waals surface area contributed by atoms with Gasteiger partial charge >= 0.3 is 0 Å². The molecule has 0 fully saturated rings. The molecule has 0 aliphatic carbocycles. The van der Waals surface area contributed by atoms with E-state index in [0.717, 1.165) is 17.1 Å². The summed E-state index contributed by atoms with van der Waals surface area (Å²) in [6, 6.07) is 86.1. The van der Waals surface area contributed by atoms with Gasteiger partial charge in [0.1, 0.15) is 0 Å². The molecule has 2 heteroatoms. The Morgan fingerprint density at radius 1 is 0.267 bits per heavy atom. The first-order chi connectivity index (χ1) is 29.7. The molecule has 0 aliphatic rings. The number of hydrogen-bond acceptors (Lipinski definition) is 2. The molecule has 0 spiro atoms. The fraction of sp³-hybridized carbons (Fsp3) is 0. The van der Waals surface area contributed by atoms with Crippen molar-refractivity contribution in [1.82, 2.24) is 0 Å². The lowest BCUT2D eigenvalue weighted by Gasteiger charge is -2.27. The molecule has 0 saturated heterocycles. The van der Waals surface area contributed by atoms with Crippen LogP contribution in [0.25, 0.3) is 86.6 Å². The Morgan fingerprint density at radius 3 is 1.50 bits per heavy atom. The summed E-state index contributed by atoms with van der Waals surface area (Å²) >= 11 is 1.89. The maximum atomic E-state index is 2.46. The van der Waals surface area contributed by atoms with Crippen molar-refractivity contribution in [2.24, 2.45) is 0 Å². The summed E-state index contributed by atoms with van der Waals surface area (Å²) in [5.41, 5.74) is 15.4. The van der Waals surface area contributed by atoms with Gasteiger partial charge in [-0.15, -0.1) is 11.3 Å². The average Bonchev–Trinajstić information content (AvgIpc) is 3.72. The Bertz CT molecular complexity index is 3280. The lowest BCUT2D eigenvalue weighted by atomic mass is 9.93. The van der Waals surface area contributed by atoms with Crippen molar-refractivity contribution in [3.05, 3.63) is 237 Å². The first kappa shape index (κ1) is 35.6. The highest BCUT2D eigenvalue weighted by Gasteiger charge is 2.22. The van der Waals surface area contributed by atoms with Crippen LogP contribution >= 0.6 is 11.3 Å². The van der Waals surface area contributed by atoms with Crippen LogP contribution in [0.4, 0.5) is 17.1 Å². The van der Waals surface area contributed by atoms with E-state index in [2.05, 4.69) is 241 Å². The van der Waals surface area contributed by atoms with E-state index in [9.17, 15) is 0 Å². The zero-order valence-electron chi connectivity index (χ0n) is 32.9. The fourth-order valence-electron chi connectivity index (χ4n) is 8.69. The molecule has 0 N–H and O–H groups in total. The SMILES string of the molecule is c1ccc(-c2cc(-c3ccccc3)c3sc4c(N(c5ccc(-c6ccc7ccccc7c6)cc5)c5ccc(-c6ccccc6)c(-c6ccccc6)c5)cccc4c3c2)cc1. The lowest BCUT2D eigenvalue weighted by Crippen LogP contribution is -2.10. The molecule has 0 unspecified atom stereocenters. The minimum absolute atomic E-state index is 1.10. The molecule has 0 atom stereocenters. The topological polar surface area (TPSA) is 3.24 Å². The first-order valence-electron chi connectivity index (χ1n) is 20.5. The summed E-state index contributed by atoms with van der Waals surface area (Å²) in [7, 11) is 0. The molecule has 0 radical (unpaired) electrons. The Kier molecular flexibility index (Phi) is 9.11. The highest BCUT2D eigenvalue weighted by Crippen LogP contribution is 2.49. The van der Waals surface area contributed by atoms with Crippen molar-refractivity contribution >= 4 is 59.3 Å². The maximum Gasteiger partial charge on any atom is 0.0640 e. The Morgan fingerprint density at radius 2 is 0.817 bits per heavy atom. The Labute approximate surface area is 354 Å². The number of fused-ring (bicyclic) bond motifs is 4. The molecule has 60 heavy (non-hydrogen) atoms. The van der Waals surface area contributed by atoms with Crippen LogP contribution in [0.15, 0.2) is 237 Å². The van der Waals surface area contributed by atoms with E-state index in [1.54, 1.807) is 0 Å². The van der Waals surface area contributed by atoms with Gasteiger partial charge in [-0.3, -0.25) is 0 Å². The van der Waals surface area contributed by atoms with Crippen LogP contribution in [0.2, 0.25) is 0 Å². The fourth-order valence-corrected chi connectivity index (χ4v) is 10.0. The van der Waals surface area contributed by atoms with Crippen molar-refractivity contribution in [3.63, 3.8) is 0 Å². The molecule has 0 bridgehead atoms. The maximum absolute atomic E-state index is 2.46. The summed E-state index contributed by atoms with van der Waals surface area (Å²) in [6.07, 6.45) is 0. The molecule has 0 saturated carbocycles. The van der Waals surface area contributed by atoms with Crippen LogP contribution in [0.3, 0.4) is 0 Å². The zero-order chi connectivity index (χ0) is 39.8. The standard InChI is InChI=1S/C58H39NS/c1-5-16-40(17-6-1)48-37-54(45-23-11-4-12-24-45)57-55(38-48)52-26-15-27-56(58(52)60-57)59(49-32-30-42(31-33-49)47-29-28-41-18-13-14-25-46(41)36-47)50-34-35-51(43-19-7-2-8-20-43)53(39-50)44-21-9-3-10-22-44/h1-39H. The number of thiophene rings is 1. The normalized spacial score (nSPS) is 11.3.